The summed E-state index contributed by atoms with van der Waals surface area (Å²) >= 11 is 0. The molecule has 1 unspecified atom stereocenters. The van der Waals surface area contributed by atoms with E-state index in [2.05, 4.69) is 52.3 Å². The van der Waals surface area contributed by atoms with Gasteiger partial charge in [-0.05, 0) is 104 Å². The largest absolute Gasteiger partial charge is 0.478 e. The Bertz CT molecular complexity index is 1090. The predicted octanol–water partition coefficient (Wildman–Crippen LogP) is 6.19. The molecule has 0 amide bonds. The lowest BCUT2D eigenvalue weighted by atomic mass is 9.70. The van der Waals surface area contributed by atoms with Crippen LogP contribution in [0.25, 0.3) is 0 Å². The summed E-state index contributed by atoms with van der Waals surface area (Å²) in [6.07, 6.45) is 10.9. The fourth-order valence-corrected chi connectivity index (χ4v) is 5.86. The number of carbonyl (C=O) groups is 1. The van der Waals surface area contributed by atoms with Crippen LogP contribution >= 0.6 is 0 Å². The topological polar surface area (TPSA) is 53.4 Å². The van der Waals surface area contributed by atoms with Crippen molar-refractivity contribution in [3.05, 3.63) is 101 Å². The van der Waals surface area contributed by atoms with Crippen molar-refractivity contribution in [2.45, 2.75) is 51.0 Å². The van der Waals surface area contributed by atoms with E-state index in [1.165, 1.54) is 30.4 Å². The Balaban J connectivity index is 1.26. The molecule has 4 nitrogen and oxygen atoms in total. The van der Waals surface area contributed by atoms with Crippen molar-refractivity contribution in [1.29, 1.82) is 0 Å². The number of piperidine rings is 1. The minimum absolute atomic E-state index is 0.242. The quantitative estimate of drug-likeness (QED) is 0.419. The molecule has 1 saturated carbocycles. The number of carboxylic acids is 1. The summed E-state index contributed by atoms with van der Waals surface area (Å²) in [7, 11) is 0. The Hall–Kier alpha value is -2.98. The summed E-state index contributed by atoms with van der Waals surface area (Å²) in [6, 6.07) is 22.7. The molecule has 34 heavy (non-hydrogen) atoms. The van der Waals surface area contributed by atoms with E-state index in [9.17, 15) is 9.90 Å². The second-order valence-corrected chi connectivity index (χ2v) is 10.4. The van der Waals surface area contributed by atoms with E-state index in [4.69, 9.17) is 0 Å². The molecule has 176 valence electrons. The highest BCUT2D eigenvalue weighted by atomic mass is 16.4. The number of carboxylic acid groups (broad SMARTS) is 1. The summed E-state index contributed by atoms with van der Waals surface area (Å²) in [5.41, 5.74) is 4.56. The van der Waals surface area contributed by atoms with Crippen molar-refractivity contribution in [3.8, 4) is 0 Å². The number of rotatable bonds is 9. The Labute approximate surface area is 202 Å². The van der Waals surface area contributed by atoms with Crippen LogP contribution in [-0.2, 0) is 13.0 Å². The molecule has 2 aromatic carbocycles. The number of likely N-dealkylation sites (tertiary alicyclic amines) is 1. The van der Waals surface area contributed by atoms with Crippen molar-refractivity contribution in [3.63, 3.8) is 0 Å². The molecule has 4 heteroatoms. The fraction of sp³-hybridized carbons (Fsp3) is 0.400. The number of benzene rings is 2. The number of aromatic carboxylic acids is 1. The van der Waals surface area contributed by atoms with E-state index in [0.29, 0.717) is 5.56 Å². The van der Waals surface area contributed by atoms with E-state index in [-0.39, 0.29) is 5.41 Å². The first kappa shape index (κ1) is 22.8. The van der Waals surface area contributed by atoms with Gasteiger partial charge in [-0.3, -0.25) is 9.88 Å². The molecule has 1 N–H and O–H groups in total. The lowest BCUT2D eigenvalue weighted by molar-refractivity contribution is 0.0695. The van der Waals surface area contributed by atoms with Gasteiger partial charge in [0.2, 0.25) is 0 Å². The Morgan fingerprint density at radius 1 is 1.00 bits per heavy atom. The predicted molar refractivity (Wildman–Crippen MR) is 135 cm³/mol. The van der Waals surface area contributed by atoms with Crippen molar-refractivity contribution >= 4 is 5.97 Å². The second kappa shape index (κ2) is 10.1. The molecular formula is C30H34N2O2. The van der Waals surface area contributed by atoms with Crippen LogP contribution in [0.5, 0.6) is 0 Å². The lowest BCUT2D eigenvalue weighted by Crippen LogP contribution is -2.41. The van der Waals surface area contributed by atoms with Gasteiger partial charge in [-0.2, -0.15) is 0 Å². The molecular weight excluding hydrogens is 420 g/mol. The maximum Gasteiger partial charge on any atom is 0.335 e. The molecule has 0 radical (unpaired) electrons. The van der Waals surface area contributed by atoms with E-state index in [0.717, 1.165) is 56.3 Å². The minimum Gasteiger partial charge on any atom is -0.478 e. The van der Waals surface area contributed by atoms with Crippen LogP contribution in [0.15, 0.2) is 79.1 Å². The Morgan fingerprint density at radius 2 is 1.79 bits per heavy atom. The SMILES string of the molecule is O=C(O)c1cccc(CC2(CC[C@@H]3CC3c3ccccc3)CCN(Cc3cccnc3)CC2)c1. The number of pyridine rings is 1. The van der Waals surface area contributed by atoms with Gasteiger partial charge < -0.3 is 5.11 Å². The van der Waals surface area contributed by atoms with Crippen LogP contribution in [-0.4, -0.2) is 34.0 Å². The van der Waals surface area contributed by atoms with Crippen LogP contribution in [0.1, 0.15) is 65.1 Å². The summed E-state index contributed by atoms with van der Waals surface area (Å²) < 4.78 is 0. The molecule has 2 heterocycles. The van der Waals surface area contributed by atoms with Gasteiger partial charge >= 0.3 is 5.97 Å². The molecule has 2 fully saturated rings. The van der Waals surface area contributed by atoms with Crippen LogP contribution < -0.4 is 0 Å². The summed E-state index contributed by atoms with van der Waals surface area (Å²) in [6.45, 7) is 3.12. The second-order valence-electron chi connectivity index (χ2n) is 10.4. The highest BCUT2D eigenvalue weighted by Gasteiger charge is 2.41. The average Bonchev–Trinajstić information content (AvgIpc) is 3.66. The summed E-state index contributed by atoms with van der Waals surface area (Å²) in [4.78, 5) is 18.3. The van der Waals surface area contributed by atoms with Crippen LogP contribution in [0.3, 0.4) is 0 Å². The fourth-order valence-electron chi connectivity index (χ4n) is 5.86. The Kier molecular flexibility index (Phi) is 6.77. The minimum atomic E-state index is -0.842. The third-order valence-corrected chi connectivity index (χ3v) is 7.99. The number of nitrogens with zero attached hydrogens (tertiary/aromatic N) is 2. The van der Waals surface area contributed by atoms with Crippen molar-refractivity contribution in [1.82, 2.24) is 9.88 Å². The standard InChI is InChI=1S/C30H34N2O2/c33-29(34)27-10-4-6-23(18-27)20-30(12-11-26-19-28(26)25-8-2-1-3-9-25)13-16-32(17-14-30)22-24-7-5-15-31-21-24/h1-10,15,18,21,26,28H,11-14,16-17,19-20,22H2,(H,33,34)/t26-,28?/m1/s1. The molecule has 3 aromatic rings. The van der Waals surface area contributed by atoms with Gasteiger partial charge in [0.05, 0.1) is 5.56 Å². The third kappa shape index (κ3) is 5.56. The van der Waals surface area contributed by atoms with Crippen LogP contribution in [0.4, 0.5) is 0 Å². The maximum atomic E-state index is 11.5. The third-order valence-electron chi connectivity index (χ3n) is 7.99. The van der Waals surface area contributed by atoms with E-state index >= 15 is 0 Å². The zero-order valence-corrected chi connectivity index (χ0v) is 19.8. The number of hydrogen-bond donors (Lipinski definition) is 1. The van der Waals surface area contributed by atoms with Gasteiger partial charge in [0.15, 0.2) is 0 Å². The lowest BCUT2D eigenvalue weighted by Gasteiger charge is -2.42. The van der Waals surface area contributed by atoms with E-state index < -0.39 is 5.97 Å². The van der Waals surface area contributed by atoms with E-state index in [1.54, 1.807) is 6.07 Å². The molecule has 5 rings (SSSR count). The average molecular weight is 455 g/mol. The molecule has 2 aliphatic rings. The summed E-state index contributed by atoms with van der Waals surface area (Å²) in [5, 5.41) is 9.46. The normalized spacial score (nSPS) is 21.8. The van der Waals surface area contributed by atoms with Crippen molar-refractivity contribution < 1.29 is 9.90 Å². The first-order valence-corrected chi connectivity index (χ1v) is 12.6. The number of aromatic nitrogens is 1. The maximum absolute atomic E-state index is 11.5. The monoisotopic (exact) mass is 454 g/mol. The molecule has 0 bridgehead atoms. The van der Waals surface area contributed by atoms with Gasteiger partial charge in [-0.25, -0.2) is 4.79 Å². The molecule has 1 aliphatic heterocycles. The first-order chi connectivity index (χ1) is 16.6. The van der Waals surface area contributed by atoms with Gasteiger partial charge in [-0.15, -0.1) is 0 Å². The summed E-state index contributed by atoms with van der Waals surface area (Å²) in [5.74, 6) is 0.670. The van der Waals surface area contributed by atoms with Crippen molar-refractivity contribution in [2.24, 2.45) is 11.3 Å². The highest BCUT2D eigenvalue weighted by molar-refractivity contribution is 5.87. The molecule has 2 atom stereocenters. The Morgan fingerprint density at radius 3 is 2.53 bits per heavy atom. The van der Waals surface area contributed by atoms with Crippen molar-refractivity contribution in [2.75, 3.05) is 13.1 Å². The van der Waals surface area contributed by atoms with Gasteiger partial charge in [0, 0.05) is 18.9 Å². The molecule has 1 aliphatic carbocycles. The van der Waals surface area contributed by atoms with Crippen LogP contribution in [0, 0.1) is 11.3 Å². The number of hydrogen-bond acceptors (Lipinski definition) is 3. The first-order valence-electron chi connectivity index (χ1n) is 12.6. The zero-order chi connectivity index (χ0) is 23.4. The van der Waals surface area contributed by atoms with Crippen LogP contribution in [0.2, 0.25) is 0 Å². The van der Waals surface area contributed by atoms with Gasteiger partial charge in [0.25, 0.3) is 0 Å². The van der Waals surface area contributed by atoms with Gasteiger partial charge in [-0.1, -0.05) is 48.5 Å². The molecule has 1 saturated heterocycles. The highest BCUT2D eigenvalue weighted by Crippen LogP contribution is 2.52. The molecule has 1 aromatic heterocycles. The van der Waals surface area contributed by atoms with E-state index in [1.807, 2.05) is 30.6 Å². The smallest absolute Gasteiger partial charge is 0.335 e. The molecule has 0 spiro atoms. The zero-order valence-electron chi connectivity index (χ0n) is 19.8. The van der Waals surface area contributed by atoms with Gasteiger partial charge in [0.1, 0.15) is 0 Å².